The first-order valence-corrected chi connectivity index (χ1v) is 6.02. The Morgan fingerprint density at radius 2 is 1.73 bits per heavy atom. The first-order valence-electron chi connectivity index (χ1n) is 4.03. The average molecular weight is 175 g/mol. The number of nitrogens with one attached hydrogen (secondary N) is 2. The van der Waals surface area contributed by atoms with Crippen molar-refractivity contribution in [1.82, 2.24) is 4.31 Å². The van der Waals surface area contributed by atoms with Gasteiger partial charge in [0.15, 0.2) is 0 Å². The Balaban J connectivity index is 2.53. The van der Waals surface area contributed by atoms with Crippen LogP contribution in [0, 0.1) is 15.5 Å². The van der Waals surface area contributed by atoms with E-state index in [0.717, 1.165) is 19.0 Å². The molecule has 0 spiro atoms. The summed E-state index contributed by atoms with van der Waals surface area (Å²) in [4.78, 5) is 0. The number of nitrogens with zero attached hydrogens (tertiary/aromatic N) is 1. The van der Waals surface area contributed by atoms with Crippen LogP contribution in [0.5, 0.6) is 0 Å². The average Bonchev–Trinajstić information content (AvgIpc) is 1.86. The Morgan fingerprint density at radius 1 is 1.27 bits per heavy atom. The molecule has 1 saturated heterocycles. The van der Waals surface area contributed by atoms with E-state index < -0.39 is 9.81 Å². The summed E-state index contributed by atoms with van der Waals surface area (Å²) in [7, 11) is -1.92. The molecule has 4 heteroatoms. The summed E-state index contributed by atoms with van der Waals surface area (Å²) in [6.07, 6.45) is 4.06. The van der Waals surface area contributed by atoms with E-state index in [1.54, 1.807) is 6.26 Å². The van der Waals surface area contributed by atoms with Gasteiger partial charge < -0.3 is 0 Å². The fourth-order valence-corrected chi connectivity index (χ4v) is 2.29. The fraction of sp³-hybridized carbons (Fsp3) is 1.00. The molecule has 0 amide bonds. The maximum absolute atomic E-state index is 7.57. The van der Waals surface area contributed by atoms with E-state index in [1.165, 1.54) is 12.8 Å². The van der Waals surface area contributed by atoms with Crippen molar-refractivity contribution >= 4 is 9.81 Å². The largest absolute Gasteiger partial charge is 0.257 e. The number of hydrogen-bond acceptors (Lipinski definition) is 2. The van der Waals surface area contributed by atoms with E-state index in [9.17, 15) is 0 Å². The predicted octanol–water partition coefficient (Wildman–Crippen LogP) is 1.94. The first-order chi connectivity index (χ1) is 5.00. The van der Waals surface area contributed by atoms with Gasteiger partial charge in [0.05, 0.1) is 0 Å². The number of piperidine rings is 1. The van der Waals surface area contributed by atoms with Crippen molar-refractivity contribution in [2.45, 2.75) is 19.8 Å². The lowest BCUT2D eigenvalue weighted by molar-refractivity contribution is 0.303. The van der Waals surface area contributed by atoms with Crippen molar-refractivity contribution in [1.29, 1.82) is 9.56 Å². The molecule has 1 fully saturated rings. The third-order valence-electron chi connectivity index (χ3n) is 2.26. The van der Waals surface area contributed by atoms with Crippen molar-refractivity contribution < 1.29 is 0 Å². The highest BCUT2D eigenvalue weighted by atomic mass is 32.2. The zero-order valence-electron chi connectivity index (χ0n) is 7.26. The van der Waals surface area contributed by atoms with Gasteiger partial charge in [-0.05, 0) is 28.6 Å². The normalized spacial score (nSPS) is 23.8. The molecule has 3 nitrogen and oxygen atoms in total. The Morgan fingerprint density at radius 3 is 2.09 bits per heavy atom. The highest BCUT2D eigenvalue weighted by Gasteiger charge is 2.17. The van der Waals surface area contributed by atoms with Crippen LogP contribution in [-0.2, 0) is 9.81 Å². The zero-order valence-corrected chi connectivity index (χ0v) is 8.08. The van der Waals surface area contributed by atoms with Gasteiger partial charge in [0, 0.05) is 19.3 Å². The van der Waals surface area contributed by atoms with E-state index in [2.05, 4.69) is 6.92 Å². The zero-order chi connectivity index (χ0) is 8.48. The van der Waals surface area contributed by atoms with Gasteiger partial charge in [-0.2, -0.15) is 0 Å². The van der Waals surface area contributed by atoms with Crippen LogP contribution in [0.4, 0.5) is 0 Å². The second kappa shape index (κ2) is 3.11. The lowest BCUT2D eigenvalue weighted by Gasteiger charge is -2.31. The summed E-state index contributed by atoms with van der Waals surface area (Å²) in [5, 5.41) is 0. The Labute approximate surface area is 69.3 Å². The van der Waals surface area contributed by atoms with Gasteiger partial charge in [0.1, 0.15) is 0 Å². The molecule has 0 bridgehead atoms. The third kappa shape index (κ3) is 2.45. The van der Waals surface area contributed by atoms with Crippen LogP contribution in [0.25, 0.3) is 0 Å². The summed E-state index contributed by atoms with van der Waals surface area (Å²) in [6.45, 7) is 4.16. The molecular weight excluding hydrogens is 158 g/mol. The van der Waals surface area contributed by atoms with Crippen molar-refractivity contribution in [2.24, 2.45) is 5.92 Å². The molecule has 1 aliphatic rings. The molecule has 0 aromatic heterocycles. The molecule has 1 heterocycles. The lowest BCUT2D eigenvalue weighted by Crippen LogP contribution is -2.35. The first kappa shape index (κ1) is 9.00. The maximum Gasteiger partial charge on any atom is 0.0149 e. The van der Waals surface area contributed by atoms with Gasteiger partial charge in [0.25, 0.3) is 0 Å². The summed E-state index contributed by atoms with van der Waals surface area (Å²) in [5.41, 5.74) is 0. The smallest absolute Gasteiger partial charge is 0.0149 e. The molecule has 66 valence electrons. The van der Waals surface area contributed by atoms with E-state index in [1.807, 2.05) is 4.31 Å². The topological polar surface area (TPSA) is 50.9 Å². The van der Waals surface area contributed by atoms with Crippen LogP contribution in [0.1, 0.15) is 19.8 Å². The number of hydrogen-bond donors (Lipinski definition) is 2. The summed E-state index contributed by atoms with van der Waals surface area (Å²) in [6, 6.07) is 0. The second-order valence-electron chi connectivity index (χ2n) is 3.49. The van der Waals surface area contributed by atoms with Gasteiger partial charge in [-0.25, -0.2) is 4.31 Å². The van der Waals surface area contributed by atoms with E-state index in [4.69, 9.17) is 9.56 Å². The molecule has 1 rings (SSSR count). The standard InChI is InChI=1S/C7H17N3S/c1-7-3-5-10(6-4-7)11(2,8)9/h7-9H,3-6H2,1-2H3. The van der Waals surface area contributed by atoms with Gasteiger partial charge in [-0.1, -0.05) is 6.92 Å². The van der Waals surface area contributed by atoms with Crippen LogP contribution in [0.3, 0.4) is 0 Å². The monoisotopic (exact) mass is 175 g/mol. The Bertz CT molecular complexity index is 212. The minimum absolute atomic E-state index is 0.799. The van der Waals surface area contributed by atoms with E-state index >= 15 is 0 Å². The minimum Gasteiger partial charge on any atom is -0.257 e. The summed E-state index contributed by atoms with van der Waals surface area (Å²) < 4.78 is 17.1. The van der Waals surface area contributed by atoms with Gasteiger partial charge >= 0.3 is 0 Å². The molecule has 0 radical (unpaired) electrons. The molecule has 0 atom stereocenters. The van der Waals surface area contributed by atoms with Crippen molar-refractivity contribution in [3.63, 3.8) is 0 Å². The van der Waals surface area contributed by atoms with Crippen molar-refractivity contribution in [3.05, 3.63) is 0 Å². The minimum atomic E-state index is -1.92. The fourth-order valence-electron chi connectivity index (χ4n) is 1.35. The SMILES string of the molecule is CC1CCN(S(C)(=N)=N)CC1. The van der Waals surface area contributed by atoms with Crippen LogP contribution in [0.15, 0.2) is 0 Å². The van der Waals surface area contributed by atoms with Crippen LogP contribution in [-0.4, -0.2) is 23.7 Å². The summed E-state index contributed by atoms with van der Waals surface area (Å²) in [5.74, 6) is 0.799. The van der Waals surface area contributed by atoms with E-state index in [0.29, 0.717) is 0 Å². The maximum atomic E-state index is 7.57. The van der Waals surface area contributed by atoms with Crippen LogP contribution < -0.4 is 0 Å². The molecule has 2 N–H and O–H groups in total. The molecule has 0 saturated carbocycles. The van der Waals surface area contributed by atoms with Gasteiger partial charge in [-0.3, -0.25) is 9.56 Å². The lowest BCUT2D eigenvalue weighted by atomic mass is 10.0. The molecule has 0 aromatic carbocycles. The van der Waals surface area contributed by atoms with Crippen LogP contribution in [0.2, 0.25) is 0 Å². The highest BCUT2D eigenvalue weighted by Crippen LogP contribution is 2.18. The van der Waals surface area contributed by atoms with Gasteiger partial charge in [-0.15, -0.1) is 0 Å². The second-order valence-corrected chi connectivity index (χ2v) is 5.75. The van der Waals surface area contributed by atoms with Crippen LogP contribution >= 0.6 is 0 Å². The summed E-state index contributed by atoms with van der Waals surface area (Å²) >= 11 is 0. The molecule has 0 aliphatic carbocycles. The Kier molecular flexibility index (Phi) is 2.54. The molecule has 0 unspecified atom stereocenters. The molecular formula is C7H17N3S. The quantitative estimate of drug-likeness (QED) is 0.628. The molecule has 11 heavy (non-hydrogen) atoms. The van der Waals surface area contributed by atoms with Crippen molar-refractivity contribution in [2.75, 3.05) is 19.3 Å². The highest BCUT2D eigenvalue weighted by molar-refractivity contribution is 7.90. The molecule has 0 aromatic rings. The Hall–Kier alpha value is -0.0900. The van der Waals surface area contributed by atoms with Gasteiger partial charge in [0.2, 0.25) is 0 Å². The van der Waals surface area contributed by atoms with E-state index in [-0.39, 0.29) is 0 Å². The van der Waals surface area contributed by atoms with Crippen molar-refractivity contribution in [3.8, 4) is 0 Å². The third-order valence-corrected chi connectivity index (χ3v) is 3.66. The predicted molar refractivity (Wildman–Crippen MR) is 48.7 cm³/mol. The molecule has 1 aliphatic heterocycles. The number of rotatable bonds is 1.